The van der Waals surface area contributed by atoms with Crippen LogP contribution in [0, 0.1) is 0 Å². The zero-order chi connectivity index (χ0) is 13.9. The standard InChI is InChI=1S/C11H12ClF3N2O/c1-3-17(2)10(18)16-9-6-7(11(13,14)15)4-5-8(9)12/h4-6H,3H2,1-2H3,(H,16,18). The molecule has 0 aliphatic heterocycles. The topological polar surface area (TPSA) is 32.3 Å². The first kappa shape index (κ1) is 14.6. The van der Waals surface area contributed by atoms with Gasteiger partial charge in [-0.05, 0) is 25.1 Å². The Morgan fingerprint density at radius 2 is 2.06 bits per heavy atom. The molecule has 1 aromatic carbocycles. The molecule has 0 aliphatic carbocycles. The molecule has 0 aliphatic rings. The molecule has 0 bridgehead atoms. The van der Waals surface area contributed by atoms with Crippen LogP contribution in [0.2, 0.25) is 5.02 Å². The van der Waals surface area contributed by atoms with Gasteiger partial charge in [0.05, 0.1) is 16.3 Å². The van der Waals surface area contributed by atoms with E-state index in [9.17, 15) is 18.0 Å². The van der Waals surface area contributed by atoms with E-state index in [1.54, 1.807) is 6.92 Å². The maximum atomic E-state index is 12.5. The van der Waals surface area contributed by atoms with E-state index < -0.39 is 17.8 Å². The molecule has 0 radical (unpaired) electrons. The monoisotopic (exact) mass is 280 g/mol. The van der Waals surface area contributed by atoms with Crippen molar-refractivity contribution in [2.75, 3.05) is 18.9 Å². The third-order valence-electron chi connectivity index (χ3n) is 2.36. The minimum atomic E-state index is -4.47. The summed E-state index contributed by atoms with van der Waals surface area (Å²) in [6.07, 6.45) is -4.47. The molecule has 0 saturated carbocycles. The summed E-state index contributed by atoms with van der Waals surface area (Å²) in [5.74, 6) is 0. The zero-order valence-corrected chi connectivity index (χ0v) is 10.6. The van der Waals surface area contributed by atoms with Gasteiger partial charge >= 0.3 is 12.2 Å². The molecule has 3 nitrogen and oxygen atoms in total. The van der Waals surface area contributed by atoms with Crippen LogP contribution in [0.5, 0.6) is 0 Å². The van der Waals surface area contributed by atoms with Gasteiger partial charge in [-0.3, -0.25) is 0 Å². The SMILES string of the molecule is CCN(C)C(=O)Nc1cc(C(F)(F)F)ccc1Cl. The molecular weight excluding hydrogens is 269 g/mol. The second-order valence-electron chi connectivity index (χ2n) is 3.64. The van der Waals surface area contributed by atoms with Crippen LogP contribution in [0.3, 0.4) is 0 Å². The van der Waals surface area contributed by atoms with Gasteiger partial charge in [0.2, 0.25) is 0 Å². The van der Waals surface area contributed by atoms with Crippen LogP contribution in [0.1, 0.15) is 12.5 Å². The summed E-state index contributed by atoms with van der Waals surface area (Å²) in [6, 6.07) is 2.26. The molecule has 100 valence electrons. The summed E-state index contributed by atoms with van der Waals surface area (Å²) in [7, 11) is 1.52. The molecule has 7 heteroatoms. The number of rotatable bonds is 2. The third kappa shape index (κ3) is 3.53. The molecule has 0 fully saturated rings. The summed E-state index contributed by atoms with van der Waals surface area (Å²) < 4.78 is 37.5. The van der Waals surface area contributed by atoms with E-state index >= 15 is 0 Å². The van der Waals surface area contributed by atoms with Crippen LogP contribution in [0.4, 0.5) is 23.7 Å². The summed E-state index contributed by atoms with van der Waals surface area (Å²) in [4.78, 5) is 12.8. The van der Waals surface area contributed by atoms with E-state index in [0.717, 1.165) is 18.2 Å². The van der Waals surface area contributed by atoms with Crippen LogP contribution in [0.15, 0.2) is 18.2 Å². The first-order valence-electron chi connectivity index (χ1n) is 5.14. The molecule has 18 heavy (non-hydrogen) atoms. The normalized spacial score (nSPS) is 11.2. The van der Waals surface area contributed by atoms with Crippen molar-refractivity contribution in [2.45, 2.75) is 13.1 Å². The van der Waals surface area contributed by atoms with E-state index in [0.29, 0.717) is 6.54 Å². The summed E-state index contributed by atoms with van der Waals surface area (Å²) in [6.45, 7) is 2.18. The lowest BCUT2D eigenvalue weighted by Gasteiger charge is -2.17. The predicted octanol–water partition coefficient (Wildman–Crippen LogP) is 3.84. The van der Waals surface area contributed by atoms with Crippen LogP contribution in [-0.4, -0.2) is 24.5 Å². The van der Waals surface area contributed by atoms with Crippen molar-refractivity contribution in [3.8, 4) is 0 Å². The number of halogens is 4. The van der Waals surface area contributed by atoms with Crippen molar-refractivity contribution in [1.82, 2.24) is 4.90 Å². The van der Waals surface area contributed by atoms with Gasteiger partial charge in [-0.2, -0.15) is 13.2 Å². The number of hydrogen-bond acceptors (Lipinski definition) is 1. The Balaban J connectivity index is 2.99. The van der Waals surface area contributed by atoms with Gasteiger partial charge in [-0.1, -0.05) is 11.6 Å². The van der Waals surface area contributed by atoms with Gasteiger partial charge in [0.25, 0.3) is 0 Å². The third-order valence-corrected chi connectivity index (χ3v) is 2.69. The van der Waals surface area contributed by atoms with Crippen LogP contribution in [-0.2, 0) is 6.18 Å². The number of benzene rings is 1. The fourth-order valence-corrected chi connectivity index (χ4v) is 1.32. The van der Waals surface area contributed by atoms with E-state index in [1.807, 2.05) is 0 Å². The van der Waals surface area contributed by atoms with Crippen molar-refractivity contribution in [1.29, 1.82) is 0 Å². The summed E-state index contributed by atoms with van der Waals surface area (Å²) >= 11 is 5.74. The Kier molecular flexibility index (Phi) is 4.45. The predicted molar refractivity (Wildman–Crippen MR) is 63.8 cm³/mol. The van der Waals surface area contributed by atoms with Crippen molar-refractivity contribution in [2.24, 2.45) is 0 Å². The Labute approximate surface area is 108 Å². The van der Waals surface area contributed by atoms with Crippen LogP contribution in [0.25, 0.3) is 0 Å². The largest absolute Gasteiger partial charge is 0.416 e. The smallest absolute Gasteiger partial charge is 0.328 e. The molecule has 0 atom stereocenters. The molecular formula is C11H12ClF3N2O. The Hall–Kier alpha value is -1.43. The number of alkyl halides is 3. The van der Waals surface area contributed by atoms with Crippen molar-refractivity contribution >= 4 is 23.3 Å². The van der Waals surface area contributed by atoms with Gasteiger partial charge in [0.1, 0.15) is 0 Å². The average Bonchev–Trinajstić information content (AvgIpc) is 2.29. The molecule has 1 N–H and O–H groups in total. The highest BCUT2D eigenvalue weighted by Gasteiger charge is 2.31. The van der Waals surface area contributed by atoms with Crippen LogP contribution < -0.4 is 5.32 Å². The van der Waals surface area contributed by atoms with Gasteiger partial charge in [-0.25, -0.2) is 4.79 Å². The lowest BCUT2D eigenvalue weighted by Crippen LogP contribution is -2.31. The fourth-order valence-electron chi connectivity index (χ4n) is 1.15. The van der Waals surface area contributed by atoms with Crippen molar-refractivity contribution in [3.63, 3.8) is 0 Å². The number of anilines is 1. The average molecular weight is 281 g/mol. The Morgan fingerprint density at radius 3 is 2.56 bits per heavy atom. The van der Waals surface area contributed by atoms with Crippen LogP contribution >= 0.6 is 11.6 Å². The quantitative estimate of drug-likeness (QED) is 0.877. The fraction of sp³-hybridized carbons (Fsp3) is 0.364. The minimum Gasteiger partial charge on any atom is -0.328 e. The summed E-state index contributed by atoms with van der Waals surface area (Å²) in [5, 5.41) is 2.38. The second-order valence-corrected chi connectivity index (χ2v) is 4.04. The maximum absolute atomic E-state index is 12.5. The molecule has 1 rings (SSSR count). The second kappa shape index (κ2) is 5.48. The molecule has 1 aromatic rings. The van der Waals surface area contributed by atoms with Gasteiger partial charge in [-0.15, -0.1) is 0 Å². The lowest BCUT2D eigenvalue weighted by atomic mass is 10.2. The first-order chi connectivity index (χ1) is 8.25. The highest BCUT2D eigenvalue weighted by Crippen LogP contribution is 2.33. The number of amides is 2. The van der Waals surface area contributed by atoms with Gasteiger partial charge in [0, 0.05) is 13.6 Å². The van der Waals surface area contributed by atoms with E-state index in [-0.39, 0.29) is 10.7 Å². The molecule has 2 amide bonds. The molecule has 0 saturated heterocycles. The zero-order valence-electron chi connectivity index (χ0n) is 9.81. The number of hydrogen-bond donors (Lipinski definition) is 1. The highest BCUT2D eigenvalue weighted by atomic mass is 35.5. The Morgan fingerprint density at radius 1 is 1.44 bits per heavy atom. The van der Waals surface area contributed by atoms with E-state index in [4.69, 9.17) is 11.6 Å². The first-order valence-corrected chi connectivity index (χ1v) is 5.52. The molecule has 0 unspecified atom stereocenters. The van der Waals surface area contributed by atoms with E-state index in [1.165, 1.54) is 11.9 Å². The molecule has 0 heterocycles. The van der Waals surface area contributed by atoms with Gasteiger partial charge in [0.15, 0.2) is 0 Å². The number of carbonyl (C=O) groups excluding carboxylic acids is 1. The van der Waals surface area contributed by atoms with Crippen molar-refractivity contribution in [3.05, 3.63) is 28.8 Å². The molecule has 0 spiro atoms. The van der Waals surface area contributed by atoms with Gasteiger partial charge < -0.3 is 10.2 Å². The number of urea groups is 1. The summed E-state index contributed by atoms with van der Waals surface area (Å²) in [5.41, 5.74) is -0.918. The highest BCUT2D eigenvalue weighted by molar-refractivity contribution is 6.33. The van der Waals surface area contributed by atoms with E-state index in [2.05, 4.69) is 5.32 Å². The molecule has 0 aromatic heterocycles. The lowest BCUT2D eigenvalue weighted by molar-refractivity contribution is -0.137. The minimum absolute atomic E-state index is 0.0563. The maximum Gasteiger partial charge on any atom is 0.416 e. The Bertz CT molecular complexity index is 448. The number of nitrogens with one attached hydrogen (secondary N) is 1. The number of nitrogens with zero attached hydrogens (tertiary/aromatic N) is 1. The van der Waals surface area contributed by atoms with Crippen molar-refractivity contribution < 1.29 is 18.0 Å². The number of carbonyl (C=O) groups is 1.